The molecule has 24 heavy (non-hydrogen) atoms. The molecule has 6 nitrogen and oxygen atoms in total. The highest BCUT2D eigenvalue weighted by Crippen LogP contribution is 2.34. The Balaban J connectivity index is 1.89. The molecule has 1 aromatic carbocycles. The second-order valence-electron chi connectivity index (χ2n) is 4.71. The molecule has 0 saturated heterocycles. The van der Waals surface area contributed by atoms with Crippen LogP contribution in [0, 0.1) is 0 Å². The summed E-state index contributed by atoms with van der Waals surface area (Å²) in [7, 11) is 1.63. The number of hydrogen-bond acceptors (Lipinski definition) is 8. The van der Waals surface area contributed by atoms with E-state index in [1.165, 1.54) is 29.6 Å². The van der Waals surface area contributed by atoms with Gasteiger partial charge in [-0.05, 0) is 42.7 Å². The molecule has 0 amide bonds. The lowest BCUT2D eigenvalue weighted by molar-refractivity contribution is -0.139. The van der Waals surface area contributed by atoms with E-state index in [1.807, 2.05) is 24.3 Å². The van der Waals surface area contributed by atoms with Gasteiger partial charge in [0.05, 0.1) is 19.5 Å². The Morgan fingerprint density at radius 2 is 2.04 bits per heavy atom. The number of esters is 1. The van der Waals surface area contributed by atoms with Crippen LogP contribution in [0.3, 0.4) is 0 Å². The summed E-state index contributed by atoms with van der Waals surface area (Å²) in [5.74, 6) is 0.753. The molecule has 0 bridgehead atoms. The van der Waals surface area contributed by atoms with E-state index in [0.29, 0.717) is 6.61 Å². The molecule has 0 saturated carbocycles. The lowest BCUT2D eigenvalue weighted by Crippen LogP contribution is -2.06. The Kier molecular flexibility index (Phi) is 5.27. The molecule has 124 valence electrons. The van der Waals surface area contributed by atoms with E-state index in [2.05, 4.69) is 14.3 Å². The van der Waals surface area contributed by atoms with Gasteiger partial charge in [0.1, 0.15) is 33.0 Å². The van der Waals surface area contributed by atoms with Gasteiger partial charge in [0.2, 0.25) is 0 Å². The number of benzene rings is 1. The molecule has 0 atom stereocenters. The number of carbonyl (C=O) groups excluding carboxylic acids is 1. The maximum Gasteiger partial charge on any atom is 0.316 e. The SMILES string of the molecule is CCOC(=O)CSc1ncnc2c(-c3ccc(OC)cc3)nsc12. The van der Waals surface area contributed by atoms with Gasteiger partial charge < -0.3 is 9.47 Å². The molecular formula is C16H15N3O3S2. The number of methoxy groups -OCH3 is 1. The van der Waals surface area contributed by atoms with Crippen molar-refractivity contribution in [2.75, 3.05) is 19.5 Å². The van der Waals surface area contributed by atoms with Crippen LogP contribution in [0.4, 0.5) is 0 Å². The van der Waals surface area contributed by atoms with Crippen molar-refractivity contribution in [3.63, 3.8) is 0 Å². The highest BCUT2D eigenvalue weighted by atomic mass is 32.2. The number of rotatable bonds is 6. The molecule has 2 aromatic heterocycles. The fourth-order valence-electron chi connectivity index (χ4n) is 2.11. The molecule has 3 aromatic rings. The maximum absolute atomic E-state index is 11.5. The van der Waals surface area contributed by atoms with Crippen LogP contribution < -0.4 is 4.74 Å². The van der Waals surface area contributed by atoms with Crippen molar-refractivity contribution >= 4 is 39.5 Å². The quantitative estimate of drug-likeness (QED) is 0.378. The molecule has 0 fully saturated rings. The first-order valence-corrected chi connectivity index (χ1v) is 9.02. The Bertz CT molecular complexity index is 849. The second-order valence-corrected chi connectivity index (χ2v) is 6.45. The Morgan fingerprint density at radius 3 is 2.75 bits per heavy atom. The predicted octanol–water partition coefficient (Wildman–Crippen LogP) is 3.42. The monoisotopic (exact) mass is 361 g/mol. The minimum absolute atomic E-state index is 0.218. The molecule has 0 radical (unpaired) electrons. The molecule has 0 spiro atoms. The number of ether oxygens (including phenoxy) is 2. The number of fused-ring (bicyclic) bond motifs is 1. The van der Waals surface area contributed by atoms with Crippen molar-refractivity contribution in [2.45, 2.75) is 11.9 Å². The van der Waals surface area contributed by atoms with Gasteiger partial charge in [0.25, 0.3) is 0 Å². The number of carbonyl (C=O) groups is 1. The van der Waals surface area contributed by atoms with Crippen molar-refractivity contribution in [1.82, 2.24) is 14.3 Å². The average Bonchev–Trinajstić information content (AvgIpc) is 3.05. The fourth-order valence-corrected chi connectivity index (χ4v) is 3.83. The lowest BCUT2D eigenvalue weighted by atomic mass is 10.1. The van der Waals surface area contributed by atoms with Crippen LogP contribution in [0.25, 0.3) is 21.5 Å². The summed E-state index contributed by atoms with van der Waals surface area (Å²) >= 11 is 2.67. The normalized spacial score (nSPS) is 10.8. The maximum atomic E-state index is 11.5. The number of hydrogen-bond donors (Lipinski definition) is 0. The molecule has 0 N–H and O–H groups in total. The van der Waals surface area contributed by atoms with Crippen molar-refractivity contribution in [1.29, 1.82) is 0 Å². The van der Waals surface area contributed by atoms with E-state index >= 15 is 0 Å². The summed E-state index contributed by atoms with van der Waals surface area (Å²) in [6.45, 7) is 2.16. The predicted molar refractivity (Wildman–Crippen MR) is 94.6 cm³/mol. The van der Waals surface area contributed by atoms with E-state index in [-0.39, 0.29) is 11.7 Å². The van der Waals surface area contributed by atoms with Crippen LogP contribution in [0.2, 0.25) is 0 Å². The Hall–Kier alpha value is -2.19. The first-order chi connectivity index (χ1) is 11.7. The van der Waals surface area contributed by atoms with E-state index in [1.54, 1.807) is 14.0 Å². The summed E-state index contributed by atoms with van der Waals surface area (Å²) in [6.07, 6.45) is 1.50. The van der Waals surface area contributed by atoms with Gasteiger partial charge in [-0.15, -0.1) is 0 Å². The third-order valence-electron chi connectivity index (χ3n) is 3.22. The van der Waals surface area contributed by atoms with E-state index in [4.69, 9.17) is 9.47 Å². The van der Waals surface area contributed by atoms with Gasteiger partial charge in [-0.3, -0.25) is 4.79 Å². The van der Waals surface area contributed by atoms with E-state index in [9.17, 15) is 4.79 Å². The molecule has 3 rings (SSSR count). The minimum Gasteiger partial charge on any atom is -0.497 e. The van der Waals surface area contributed by atoms with Gasteiger partial charge in [0, 0.05) is 5.56 Å². The molecule has 0 aliphatic carbocycles. The third-order valence-corrected chi connectivity index (χ3v) is 5.15. The highest BCUT2D eigenvalue weighted by Gasteiger charge is 2.15. The Morgan fingerprint density at radius 1 is 1.25 bits per heavy atom. The van der Waals surface area contributed by atoms with Crippen molar-refractivity contribution < 1.29 is 14.3 Å². The first kappa shape index (κ1) is 16.7. The standard InChI is InChI=1S/C16H15N3O3S2/c1-3-22-12(20)8-23-16-15-14(17-9-18-16)13(19-24-15)10-4-6-11(21-2)7-5-10/h4-7,9H,3,8H2,1-2H3. The van der Waals surface area contributed by atoms with Crippen LogP contribution in [-0.2, 0) is 9.53 Å². The first-order valence-electron chi connectivity index (χ1n) is 7.26. The van der Waals surface area contributed by atoms with Gasteiger partial charge in [-0.2, -0.15) is 4.37 Å². The summed E-state index contributed by atoms with van der Waals surface area (Å²) in [6, 6.07) is 7.66. The fraction of sp³-hybridized carbons (Fsp3) is 0.250. The largest absolute Gasteiger partial charge is 0.497 e. The number of aromatic nitrogens is 3. The van der Waals surface area contributed by atoms with Crippen LogP contribution in [0.1, 0.15) is 6.92 Å². The number of nitrogens with zero attached hydrogens (tertiary/aromatic N) is 3. The molecule has 0 unspecified atom stereocenters. The molecular weight excluding hydrogens is 346 g/mol. The van der Waals surface area contributed by atoms with Crippen molar-refractivity contribution in [3.8, 4) is 17.0 Å². The lowest BCUT2D eigenvalue weighted by Gasteiger charge is -2.03. The summed E-state index contributed by atoms with van der Waals surface area (Å²) in [5.41, 5.74) is 2.55. The summed E-state index contributed by atoms with van der Waals surface area (Å²) in [5, 5.41) is 0.741. The average molecular weight is 361 g/mol. The van der Waals surface area contributed by atoms with Gasteiger partial charge in [-0.1, -0.05) is 11.8 Å². The van der Waals surface area contributed by atoms with Crippen LogP contribution in [0.15, 0.2) is 35.6 Å². The number of thioether (sulfide) groups is 1. The zero-order valence-electron chi connectivity index (χ0n) is 13.2. The smallest absolute Gasteiger partial charge is 0.316 e. The molecule has 2 heterocycles. The molecule has 8 heteroatoms. The Labute approximate surface area is 147 Å². The van der Waals surface area contributed by atoms with E-state index in [0.717, 1.165) is 32.2 Å². The minimum atomic E-state index is -0.255. The van der Waals surface area contributed by atoms with Crippen molar-refractivity contribution in [2.24, 2.45) is 0 Å². The zero-order valence-corrected chi connectivity index (χ0v) is 14.8. The summed E-state index contributed by atoms with van der Waals surface area (Å²) in [4.78, 5) is 20.2. The van der Waals surface area contributed by atoms with E-state index < -0.39 is 0 Å². The van der Waals surface area contributed by atoms with Crippen LogP contribution >= 0.6 is 23.3 Å². The van der Waals surface area contributed by atoms with Gasteiger partial charge >= 0.3 is 5.97 Å². The third kappa shape index (κ3) is 3.49. The molecule has 0 aliphatic heterocycles. The zero-order chi connectivity index (χ0) is 16.9. The van der Waals surface area contributed by atoms with Crippen molar-refractivity contribution in [3.05, 3.63) is 30.6 Å². The van der Waals surface area contributed by atoms with Gasteiger partial charge in [-0.25, -0.2) is 9.97 Å². The van der Waals surface area contributed by atoms with Crippen LogP contribution in [-0.4, -0.2) is 39.8 Å². The van der Waals surface area contributed by atoms with Crippen LogP contribution in [0.5, 0.6) is 5.75 Å². The second kappa shape index (κ2) is 7.59. The molecule has 0 aliphatic rings. The summed E-state index contributed by atoms with van der Waals surface area (Å²) < 4.78 is 15.5. The highest BCUT2D eigenvalue weighted by molar-refractivity contribution is 8.00. The topological polar surface area (TPSA) is 74.2 Å². The van der Waals surface area contributed by atoms with Gasteiger partial charge in [0.15, 0.2) is 0 Å².